The van der Waals surface area contributed by atoms with E-state index in [1.165, 1.54) is 0 Å². The number of hydrogen-bond acceptors (Lipinski definition) is 8. The third-order valence-electron chi connectivity index (χ3n) is 3.19. The SMILES string of the molecule is CC(CCNOC(=O)CCO)CC(C)(C)CNOC(=O)CCO. The van der Waals surface area contributed by atoms with Gasteiger partial charge in [0.15, 0.2) is 0 Å². The van der Waals surface area contributed by atoms with Gasteiger partial charge < -0.3 is 19.9 Å². The highest BCUT2D eigenvalue weighted by Gasteiger charge is 2.21. The number of carbonyl (C=O) groups is 2. The molecule has 0 spiro atoms. The molecule has 0 aromatic heterocycles. The molecule has 0 radical (unpaired) electrons. The molecule has 0 fully saturated rings. The molecule has 1 unspecified atom stereocenters. The molecule has 1 atom stereocenters. The van der Waals surface area contributed by atoms with Gasteiger partial charge in [0.25, 0.3) is 0 Å². The second-order valence-electron chi connectivity index (χ2n) is 6.37. The zero-order valence-electron chi connectivity index (χ0n) is 14.3. The molecule has 0 bridgehead atoms. The van der Waals surface area contributed by atoms with Gasteiger partial charge in [-0.1, -0.05) is 20.8 Å². The molecule has 0 amide bonds. The van der Waals surface area contributed by atoms with E-state index >= 15 is 0 Å². The van der Waals surface area contributed by atoms with Crippen LogP contribution in [0.3, 0.4) is 0 Å². The lowest BCUT2D eigenvalue weighted by Crippen LogP contribution is -2.33. The van der Waals surface area contributed by atoms with Crippen molar-refractivity contribution >= 4 is 11.9 Å². The first kappa shape index (κ1) is 21.8. The van der Waals surface area contributed by atoms with Gasteiger partial charge in [0.2, 0.25) is 0 Å². The Bertz CT molecular complexity index is 349. The third kappa shape index (κ3) is 13.0. The number of hydroxylamine groups is 2. The Kier molecular flexibility index (Phi) is 11.6. The fraction of sp³-hybridized carbons (Fsp3) is 0.867. The molecule has 136 valence electrons. The zero-order valence-corrected chi connectivity index (χ0v) is 14.3. The van der Waals surface area contributed by atoms with Crippen LogP contribution in [0.25, 0.3) is 0 Å². The molecule has 0 saturated carbocycles. The largest absolute Gasteiger partial charge is 0.396 e. The molecule has 8 heteroatoms. The van der Waals surface area contributed by atoms with Crippen molar-refractivity contribution in [2.75, 3.05) is 26.3 Å². The molecule has 0 aromatic rings. The Balaban J connectivity index is 3.82. The molecular formula is C15H30N2O6. The van der Waals surface area contributed by atoms with Crippen molar-refractivity contribution in [2.45, 2.75) is 46.5 Å². The first-order chi connectivity index (χ1) is 10.8. The third-order valence-corrected chi connectivity index (χ3v) is 3.19. The van der Waals surface area contributed by atoms with Gasteiger partial charge in [-0.2, -0.15) is 11.0 Å². The first-order valence-corrected chi connectivity index (χ1v) is 7.87. The summed E-state index contributed by atoms with van der Waals surface area (Å²) in [5.41, 5.74) is 5.16. The summed E-state index contributed by atoms with van der Waals surface area (Å²) in [6.07, 6.45) is 1.67. The molecule has 0 heterocycles. The van der Waals surface area contributed by atoms with E-state index in [9.17, 15) is 9.59 Å². The average Bonchev–Trinajstić information content (AvgIpc) is 2.43. The highest BCUT2D eigenvalue weighted by atomic mass is 16.7. The standard InChI is InChI=1S/C15H30N2O6/c1-12(4-7-16-22-13(20)5-8-18)10-15(2,3)11-17-23-14(21)6-9-19/h12,16-19H,4-11H2,1-3H3. The van der Waals surface area contributed by atoms with Gasteiger partial charge >= 0.3 is 11.9 Å². The number of aliphatic hydroxyl groups excluding tert-OH is 2. The monoisotopic (exact) mass is 334 g/mol. The minimum atomic E-state index is -0.481. The second-order valence-corrected chi connectivity index (χ2v) is 6.37. The van der Waals surface area contributed by atoms with Crippen LogP contribution in [0.1, 0.15) is 46.5 Å². The van der Waals surface area contributed by atoms with E-state index in [0.717, 1.165) is 12.8 Å². The van der Waals surface area contributed by atoms with Gasteiger partial charge in [-0.3, -0.25) is 9.59 Å². The molecule has 0 aromatic carbocycles. The van der Waals surface area contributed by atoms with Crippen LogP contribution in [0, 0.1) is 11.3 Å². The molecule has 0 aliphatic heterocycles. The van der Waals surface area contributed by atoms with E-state index in [1.807, 2.05) is 0 Å². The van der Waals surface area contributed by atoms with Crippen molar-refractivity contribution in [2.24, 2.45) is 11.3 Å². The van der Waals surface area contributed by atoms with Gasteiger partial charge in [-0.15, -0.1) is 0 Å². The highest BCUT2D eigenvalue weighted by molar-refractivity contribution is 5.69. The van der Waals surface area contributed by atoms with Crippen molar-refractivity contribution in [1.82, 2.24) is 11.0 Å². The van der Waals surface area contributed by atoms with E-state index in [2.05, 4.69) is 31.7 Å². The Labute approximate surface area is 137 Å². The molecule has 23 heavy (non-hydrogen) atoms. The summed E-state index contributed by atoms with van der Waals surface area (Å²) in [6.45, 7) is 6.81. The van der Waals surface area contributed by atoms with E-state index in [0.29, 0.717) is 19.0 Å². The van der Waals surface area contributed by atoms with Gasteiger partial charge in [-0.05, 0) is 24.2 Å². The molecule has 0 aliphatic rings. The summed E-state index contributed by atoms with van der Waals surface area (Å²) < 4.78 is 0. The summed E-state index contributed by atoms with van der Waals surface area (Å²) in [5, 5.41) is 17.2. The van der Waals surface area contributed by atoms with Gasteiger partial charge in [0.1, 0.15) is 0 Å². The van der Waals surface area contributed by atoms with Crippen LogP contribution in [0.5, 0.6) is 0 Å². The molecule has 8 nitrogen and oxygen atoms in total. The van der Waals surface area contributed by atoms with E-state index in [-0.39, 0.29) is 31.5 Å². The molecule has 0 saturated heterocycles. The van der Waals surface area contributed by atoms with Crippen LogP contribution < -0.4 is 11.0 Å². The van der Waals surface area contributed by atoms with Crippen LogP contribution in [0.15, 0.2) is 0 Å². The normalized spacial score (nSPS) is 12.7. The van der Waals surface area contributed by atoms with Gasteiger partial charge in [-0.25, -0.2) is 0 Å². The van der Waals surface area contributed by atoms with Gasteiger partial charge in [0.05, 0.1) is 26.1 Å². The smallest absolute Gasteiger partial charge is 0.327 e. The maximum absolute atomic E-state index is 11.1. The topological polar surface area (TPSA) is 117 Å². The van der Waals surface area contributed by atoms with E-state index in [1.54, 1.807) is 0 Å². The van der Waals surface area contributed by atoms with Crippen molar-refractivity contribution in [3.63, 3.8) is 0 Å². The molecular weight excluding hydrogens is 304 g/mol. The van der Waals surface area contributed by atoms with Crippen molar-refractivity contribution in [3.8, 4) is 0 Å². The Morgan fingerprint density at radius 3 is 2.09 bits per heavy atom. The number of rotatable bonds is 13. The summed E-state index contributed by atoms with van der Waals surface area (Å²) in [6, 6.07) is 0. The zero-order chi connectivity index (χ0) is 17.7. The number of nitrogens with one attached hydrogen (secondary N) is 2. The Morgan fingerprint density at radius 1 is 1.04 bits per heavy atom. The molecule has 0 rings (SSSR count). The summed E-state index contributed by atoms with van der Waals surface area (Å²) in [4.78, 5) is 31.7. The van der Waals surface area contributed by atoms with Crippen molar-refractivity contribution in [1.29, 1.82) is 0 Å². The first-order valence-electron chi connectivity index (χ1n) is 7.87. The van der Waals surface area contributed by atoms with Crippen LogP contribution in [0.2, 0.25) is 0 Å². The fourth-order valence-corrected chi connectivity index (χ4v) is 2.15. The second kappa shape index (κ2) is 12.2. The number of hydrogen-bond donors (Lipinski definition) is 4. The Morgan fingerprint density at radius 2 is 1.57 bits per heavy atom. The summed E-state index contributed by atoms with van der Waals surface area (Å²) in [5.74, 6) is -0.580. The van der Waals surface area contributed by atoms with Crippen molar-refractivity contribution < 1.29 is 29.5 Å². The average molecular weight is 334 g/mol. The van der Waals surface area contributed by atoms with Crippen LogP contribution in [-0.4, -0.2) is 48.5 Å². The predicted molar refractivity (Wildman–Crippen MR) is 83.8 cm³/mol. The maximum atomic E-state index is 11.1. The summed E-state index contributed by atoms with van der Waals surface area (Å²) in [7, 11) is 0. The molecule has 0 aliphatic carbocycles. The van der Waals surface area contributed by atoms with Crippen LogP contribution >= 0.6 is 0 Å². The summed E-state index contributed by atoms with van der Waals surface area (Å²) >= 11 is 0. The van der Waals surface area contributed by atoms with E-state index in [4.69, 9.17) is 19.9 Å². The minimum absolute atomic E-state index is 0.0176. The molecule has 4 N–H and O–H groups in total. The predicted octanol–water partition coefficient (Wildman–Crippen LogP) is 0.289. The lowest BCUT2D eigenvalue weighted by Gasteiger charge is -2.28. The Hall–Kier alpha value is -1.22. The number of carbonyl (C=O) groups excluding carboxylic acids is 2. The van der Waals surface area contributed by atoms with Crippen LogP contribution in [-0.2, 0) is 19.3 Å². The lowest BCUT2D eigenvalue weighted by molar-refractivity contribution is -0.153. The number of aliphatic hydroxyl groups is 2. The quantitative estimate of drug-likeness (QED) is 0.280. The van der Waals surface area contributed by atoms with Crippen molar-refractivity contribution in [3.05, 3.63) is 0 Å². The minimum Gasteiger partial charge on any atom is -0.396 e. The lowest BCUT2D eigenvalue weighted by atomic mass is 9.82. The maximum Gasteiger partial charge on any atom is 0.327 e. The van der Waals surface area contributed by atoms with Crippen LogP contribution in [0.4, 0.5) is 0 Å². The highest BCUT2D eigenvalue weighted by Crippen LogP contribution is 2.26. The fourth-order valence-electron chi connectivity index (χ4n) is 2.15. The van der Waals surface area contributed by atoms with Gasteiger partial charge in [0, 0.05) is 13.1 Å². The van der Waals surface area contributed by atoms with E-state index < -0.39 is 11.9 Å².